The molecule has 0 aliphatic rings. The maximum Gasteiger partial charge on any atom is 0.321 e. The Morgan fingerprint density at radius 2 is 1.86 bits per heavy atom. The molecule has 3 N–H and O–H groups in total. The number of aliphatic carboxylic acids is 1. The summed E-state index contributed by atoms with van der Waals surface area (Å²) in [6.07, 6.45) is -0.206. The van der Waals surface area contributed by atoms with Gasteiger partial charge < -0.3 is 14.9 Å². The molecule has 0 heterocycles. The number of methoxy groups -OCH3 is 1. The predicted octanol–water partition coefficient (Wildman–Crippen LogP) is 0.426. The van der Waals surface area contributed by atoms with Gasteiger partial charge in [0.25, 0.3) is 0 Å². The molecule has 118 valence electrons. The van der Waals surface area contributed by atoms with E-state index in [4.69, 9.17) is 14.9 Å². The van der Waals surface area contributed by atoms with Crippen molar-refractivity contribution in [1.82, 2.24) is 4.72 Å². The van der Waals surface area contributed by atoms with Crippen LogP contribution in [0.15, 0.2) is 17.0 Å². The van der Waals surface area contributed by atoms with Gasteiger partial charge in [-0.25, -0.2) is 8.42 Å². The Hall–Kier alpha value is -1.64. The SMILES string of the molecule is COc1cc(C)c(S(=O)(=O)N[C@@H](CCO)C(=O)O)c(C)c1. The number of rotatable bonds is 7. The summed E-state index contributed by atoms with van der Waals surface area (Å²) in [5, 5.41) is 17.8. The Morgan fingerprint density at radius 1 is 1.33 bits per heavy atom. The quantitative estimate of drug-likeness (QED) is 0.672. The molecule has 21 heavy (non-hydrogen) atoms. The highest BCUT2D eigenvalue weighted by Gasteiger charge is 2.27. The fraction of sp³-hybridized carbons (Fsp3) is 0.462. The van der Waals surface area contributed by atoms with E-state index in [1.807, 2.05) is 0 Å². The number of carboxylic acid groups (broad SMARTS) is 1. The van der Waals surface area contributed by atoms with E-state index in [1.165, 1.54) is 7.11 Å². The van der Waals surface area contributed by atoms with Gasteiger partial charge in [0, 0.05) is 6.61 Å². The predicted molar refractivity (Wildman–Crippen MR) is 75.9 cm³/mol. The molecule has 1 atom stereocenters. The smallest absolute Gasteiger partial charge is 0.321 e. The molecule has 1 aromatic carbocycles. The number of carbonyl (C=O) groups is 1. The van der Waals surface area contributed by atoms with Crippen LogP contribution in [0.5, 0.6) is 5.75 Å². The molecule has 0 saturated heterocycles. The zero-order valence-electron chi connectivity index (χ0n) is 12.1. The van der Waals surface area contributed by atoms with Gasteiger partial charge in [-0.2, -0.15) is 4.72 Å². The molecule has 1 rings (SSSR count). The third-order valence-electron chi connectivity index (χ3n) is 2.95. The summed E-state index contributed by atoms with van der Waals surface area (Å²) in [7, 11) is -2.54. The van der Waals surface area contributed by atoms with Crippen molar-refractivity contribution in [2.75, 3.05) is 13.7 Å². The lowest BCUT2D eigenvalue weighted by atomic mass is 10.1. The standard InChI is InChI=1S/C13H19NO6S/c1-8-6-10(20-3)7-9(2)12(8)21(18,19)14-11(4-5-15)13(16)17/h6-7,11,14-15H,4-5H2,1-3H3,(H,16,17)/t11-/m0/s1. The van der Waals surface area contributed by atoms with E-state index in [0.29, 0.717) is 16.9 Å². The van der Waals surface area contributed by atoms with Crippen LogP contribution in [0.1, 0.15) is 17.5 Å². The second kappa shape index (κ2) is 6.88. The van der Waals surface area contributed by atoms with Crippen molar-refractivity contribution in [3.05, 3.63) is 23.3 Å². The first kappa shape index (κ1) is 17.4. The largest absolute Gasteiger partial charge is 0.497 e. The monoisotopic (exact) mass is 317 g/mol. The van der Waals surface area contributed by atoms with Crippen LogP contribution in [0.3, 0.4) is 0 Å². The maximum atomic E-state index is 12.4. The number of carboxylic acids is 1. The third kappa shape index (κ3) is 4.16. The second-order valence-corrected chi connectivity index (χ2v) is 6.27. The van der Waals surface area contributed by atoms with Crippen molar-refractivity contribution in [3.8, 4) is 5.75 Å². The number of aliphatic hydroxyl groups is 1. The summed E-state index contributed by atoms with van der Waals surface area (Å²) >= 11 is 0. The van der Waals surface area contributed by atoms with Gasteiger partial charge >= 0.3 is 5.97 Å². The highest BCUT2D eigenvalue weighted by Crippen LogP contribution is 2.25. The molecule has 0 saturated carbocycles. The van der Waals surface area contributed by atoms with Crippen molar-refractivity contribution in [3.63, 3.8) is 0 Å². The Kier molecular flexibility index (Phi) is 5.70. The van der Waals surface area contributed by atoms with Gasteiger partial charge in [-0.15, -0.1) is 0 Å². The minimum atomic E-state index is -4.01. The first-order valence-corrected chi connectivity index (χ1v) is 7.72. The van der Waals surface area contributed by atoms with E-state index in [-0.39, 0.29) is 11.3 Å². The normalized spacial score (nSPS) is 13.0. The molecule has 0 fully saturated rings. The average molecular weight is 317 g/mol. The van der Waals surface area contributed by atoms with Crippen LogP contribution in [-0.4, -0.2) is 44.4 Å². The van der Waals surface area contributed by atoms with Crippen molar-refractivity contribution in [1.29, 1.82) is 0 Å². The number of hydrogen-bond acceptors (Lipinski definition) is 5. The minimum absolute atomic E-state index is 0.0208. The van der Waals surface area contributed by atoms with Gasteiger partial charge in [0.15, 0.2) is 0 Å². The summed E-state index contributed by atoms with van der Waals surface area (Å²) in [6.45, 7) is 2.78. The van der Waals surface area contributed by atoms with E-state index in [0.717, 1.165) is 0 Å². The fourth-order valence-corrected chi connectivity index (χ4v) is 3.74. The first-order chi connectivity index (χ1) is 9.72. The third-order valence-corrected chi connectivity index (χ3v) is 4.73. The fourth-order valence-electron chi connectivity index (χ4n) is 2.06. The van der Waals surface area contributed by atoms with E-state index < -0.39 is 28.6 Å². The van der Waals surface area contributed by atoms with E-state index in [1.54, 1.807) is 26.0 Å². The Bertz CT molecular complexity index is 603. The Balaban J connectivity index is 3.22. The molecule has 0 aliphatic heterocycles. The number of nitrogens with one attached hydrogen (secondary N) is 1. The van der Waals surface area contributed by atoms with Crippen LogP contribution in [-0.2, 0) is 14.8 Å². The number of hydrogen-bond donors (Lipinski definition) is 3. The molecule has 0 unspecified atom stereocenters. The van der Waals surface area contributed by atoms with E-state index >= 15 is 0 Å². The van der Waals surface area contributed by atoms with Crippen molar-refractivity contribution < 1.29 is 28.2 Å². The first-order valence-electron chi connectivity index (χ1n) is 6.24. The van der Waals surface area contributed by atoms with Crippen LogP contribution in [0.2, 0.25) is 0 Å². The van der Waals surface area contributed by atoms with Gasteiger partial charge in [0.2, 0.25) is 10.0 Å². The minimum Gasteiger partial charge on any atom is -0.497 e. The van der Waals surface area contributed by atoms with Crippen LogP contribution in [0, 0.1) is 13.8 Å². The summed E-state index contributed by atoms with van der Waals surface area (Å²) < 4.78 is 31.9. The molecule has 0 radical (unpaired) electrons. The van der Waals surface area contributed by atoms with Gasteiger partial charge in [-0.05, 0) is 43.5 Å². The van der Waals surface area contributed by atoms with Crippen LogP contribution >= 0.6 is 0 Å². The van der Waals surface area contributed by atoms with Crippen LogP contribution in [0.25, 0.3) is 0 Å². The molecule has 0 amide bonds. The van der Waals surface area contributed by atoms with Gasteiger partial charge in [0.05, 0.1) is 12.0 Å². The maximum absolute atomic E-state index is 12.4. The van der Waals surface area contributed by atoms with E-state index in [2.05, 4.69) is 4.72 Å². The zero-order valence-corrected chi connectivity index (χ0v) is 12.9. The Morgan fingerprint density at radius 3 is 2.24 bits per heavy atom. The highest BCUT2D eigenvalue weighted by molar-refractivity contribution is 7.89. The lowest BCUT2D eigenvalue weighted by Crippen LogP contribution is -2.41. The summed E-state index contributed by atoms with van der Waals surface area (Å²) in [5.74, 6) is -0.814. The molecule has 1 aromatic rings. The van der Waals surface area contributed by atoms with Crippen molar-refractivity contribution in [2.24, 2.45) is 0 Å². The van der Waals surface area contributed by atoms with Gasteiger partial charge in [-0.1, -0.05) is 0 Å². The molecular formula is C13H19NO6S. The van der Waals surface area contributed by atoms with Crippen LogP contribution < -0.4 is 9.46 Å². The molecule has 8 heteroatoms. The van der Waals surface area contributed by atoms with Gasteiger partial charge in [0.1, 0.15) is 11.8 Å². The zero-order chi connectivity index (χ0) is 16.2. The van der Waals surface area contributed by atoms with E-state index in [9.17, 15) is 13.2 Å². The van der Waals surface area contributed by atoms with Crippen LogP contribution in [0.4, 0.5) is 0 Å². The lowest BCUT2D eigenvalue weighted by molar-refractivity contribution is -0.139. The molecule has 0 bridgehead atoms. The van der Waals surface area contributed by atoms with Crippen molar-refractivity contribution in [2.45, 2.75) is 31.2 Å². The lowest BCUT2D eigenvalue weighted by Gasteiger charge is -2.17. The molecule has 7 nitrogen and oxygen atoms in total. The number of benzene rings is 1. The molecule has 0 aromatic heterocycles. The Labute approximate surface area is 123 Å². The number of sulfonamides is 1. The second-order valence-electron chi connectivity index (χ2n) is 4.61. The van der Waals surface area contributed by atoms with Crippen molar-refractivity contribution >= 4 is 16.0 Å². The molecule has 0 aliphatic carbocycles. The number of ether oxygens (including phenoxy) is 1. The topological polar surface area (TPSA) is 113 Å². The summed E-state index contributed by atoms with van der Waals surface area (Å²) in [6, 6.07) is 1.74. The average Bonchev–Trinajstić information content (AvgIpc) is 2.36. The number of aryl methyl sites for hydroxylation is 2. The van der Waals surface area contributed by atoms with Gasteiger partial charge in [-0.3, -0.25) is 4.79 Å². The summed E-state index contributed by atoms with van der Waals surface area (Å²) in [4.78, 5) is 11.0. The summed E-state index contributed by atoms with van der Waals surface area (Å²) in [5.41, 5.74) is 0.903. The number of aliphatic hydroxyl groups excluding tert-OH is 1. The molecular weight excluding hydrogens is 298 g/mol. The highest BCUT2D eigenvalue weighted by atomic mass is 32.2. The molecule has 0 spiro atoms.